The van der Waals surface area contributed by atoms with Crippen LogP contribution < -0.4 is 0 Å². The van der Waals surface area contributed by atoms with Gasteiger partial charge in [0.15, 0.2) is 0 Å². The number of nitriles is 1. The van der Waals surface area contributed by atoms with Crippen LogP contribution in [0.3, 0.4) is 0 Å². The molecule has 0 atom stereocenters. The predicted octanol–water partition coefficient (Wildman–Crippen LogP) is 3.97. The number of halogens is 1. The number of hydrogen-bond donors (Lipinski definition) is 0. The first-order chi connectivity index (χ1) is 7.26. The zero-order valence-electron chi connectivity index (χ0n) is 8.67. The van der Waals surface area contributed by atoms with Gasteiger partial charge < -0.3 is 0 Å². The van der Waals surface area contributed by atoms with Crippen molar-refractivity contribution in [1.29, 1.82) is 5.26 Å². The Morgan fingerprint density at radius 1 is 1.33 bits per heavy atom. The normalized spacial score (nSPS) is 17.9. The van der Waals surface area contributed by atoms with Crippen LogP contribution in [0, 0.1) is 16.7 Å². The van der Waals surface area contributed by atoms with Crippen LogP contribution >= 0.6 is 11.6 Å². The molecule has 1 aliphatic carbocycles. The molecule has 2 rings (SSSR count). The average molecular weight is 220 g/mol. The van der Waals surface area contributed by atoms with Crippen LogP contribution in [-0.4, -0.2) is 0 Å². The zero-order chi connectivity index (χ0) is 10.7. The molecule has 1 aromatic carbocycles. The molecule has 0 heterocycles. The summed E-state index contributed by atoms with van der Waals surface area (Å²) in [4.78, 5) is 0. The highest BCUT2D eigenvalue weighted by atomic mass is 35.5. The number of hydrogen-bond acceptors (Lipinski definition) is 1. The van der Waals surface area contributed by atoms with E-state index in [1.807, 2.05) is 24.3 Å². The number of nitrogens with zero attached hydrogens (tertiary/aromatic N) is 1. The van der Waals surface area contributed by atoms with Crippen LogP contribution in [0.2, 0.25) is 5.02 Å². The Bertz CT molecular complexity index is 388. The van der Waals surface area contributed by atoms with E-state index in [9.17, 15) is 0 Å². The van der Waals surface area contributed by atoms with Gasteiger partial charge in [-0.05, 0) is 37.3 Å². The van der Waals surface area contributed by atoms with E-state index in [2.05, 4.69) is 6.07 Å². The number of aryl methyl sites for hydroxylation is 1. The summed E-state index contributed by atoms with van der Waals surface area (Å²) in [6.45, 7) is 0. The van der Waals surface area contributed by atoms with Crippen molar-refractivity contribution in [1.82, 2.24) is 0 Å². The molecule has 0 bridgehead atoms. The molecule has 15 heavy (non-hydrogen) atoms. The van der Waals surface area contributed by atoms with Gasteiger partial charge in [0.05, 0.1) is 11.5 Å². The van der Waals surface area contributed by atoms with Gasteiger partial charge in [-0.15, -0.1) is 0 Å². The van der Waals surface area contributed by atoms with Crippen LogP contribution in [-0.2, 0) is 6.42 Å². The lowest BCUT2D eigenvalue weighted by Crippen LogP contribution is -2.27. The molecule has 0 radical (unpaired) electrons. The standard InChI is InChI=1S/C13H14ClN/c14-12-5-2-1-4-11(12)6-9-13(10-15)7-3-8-13/h1-2,4-5H,3,6-9H2. The number of benzene rings is 1. The van der Waals surface area contributed by atoms with Gasteiger partial charge in [-0.3, -0.25) is 0 Å². The second-order valence-corrected chi connectivity index (χ2v) is 4.74. The largest absolute Gasteiger partial charge is 0.198 e. The molecule has 0 aromatic heterocycles. The summed E-state index contributed by atoms with van der Waals surface area (Å²) in [5.74, 6) is 0. The fourth-order valence-corrected chi connectivity index (χ4v) is 2.33. The minimum atomic E-state index is -0.0425. The van der Waals surface area contributed by atoms with E-state index in [0.717, 1.165) is 30.7 Å². The van der Waals surface area contributed by atoms with Crippen LogP contribution in [0.25, 0.3) is 0 Å². The minimum Gasteiger partial charge on any atom is -0.198 e. The Balaban J connectivity index is 1.99. The molecule has 0 unspecified atom stereocenters. The van der Waals surface area contributed by atoms with Crippen molar-refractivity contribution in [2.75, 3.05) is 0 Å². The van der Waals surface area contributed by atoms with Crippen molar-refractivity contribution in [3.05, 3.63) is 34.9 Å². The molecule has 78 valence electrons. The van der Waals surface area contributed by atoms with Gasteiger partial charge in [0.1, 0.15) is 0 Å². The third-order valence-corrected chi connectivity index (χ3v) is 3.75. The predicted molar refractivity (Wildman–Crippen MR) is 61.7 cm³/mol. The highest BCUT2D eigenvalue weighted by molar-refractivity contribution is 6.31. The van der Waals surface area contributed by atoms with Crippen molar-refractivity contribution in [2.45, 2.75) is 32.1 Å². The van der Waals surface area contributed by atoms with E-state index >= 15 is 0 Å². The topological polar surface area (TPSA) is 23.8 Å². The van der Waals surface area contributed by atoms with Crippen LogP contribution in [0.4, 0.5) is 0 Å². The Hall–Kier alpha value is -1.00. The first-order valence-corrected chi connectivity index (χ1v) is 5.78. The highest BCUT2D eigenvalue weighted by Gasteiger charge is 2.36. The quantitative estimate of drug-likeness (QED) is 0.755. The SMILES string of the molecule is N#CC1(CCc2ccccc2Cl)CCC1. The van der Waals surface area contributed by atoms with Crippen molar-refractivity contribution in [3.63, 3.8) is 0 Å². The van der Waals surface area contributed by atoms with Gasteiger partial charge >= 0.3 is 0 Å². The van der Waals surface area contributed by atoms with Crippen molar-refractivity contribution in [3.8, 4) is 6.07 Å². The Kier molecular flexibility index (Phi) is 2.98. The summed E-state index contributed by atoms with van der Waals surface area (Å²) in [6.07, 6.45) is 5.21. The van der Waals surface area contributed by atoms with Crippen LogP contribution in [0.5, 0.6) is 0 Å². The highest BCUT2D eigenvalue weighted by Crippen LogP contribution is 2.44. The molecule has 1 aromatic rings. The summed E-state index contributed by atoms with van der Waals surface area (Å²) in [5.41, 5.74) is 1.12. The van der Waals surface area contributed by atoms with E-state index in [4.69, 9.17) is 16.9 Å². The molecule has 0 aliphatic heterocycles. The minimum absolute atomic E-state index is 0.0425. The molecular weight excluding hydrogens is 206 g/mol. The second-order valence-electron chi connectivity index (χ2n) is 4.34. The first kappa shape index (κ1) is 10.5. The van der Waals surface area contributed by atoms with Crippen LogP contribution in [0.15, 0.2) is 24.3 Å². The molecule has 0 saturated heterocycles. The zero-order valence-corrected chi connectivity index (χ0v) is 9.43. The molecule has 2 heteroatoms. The van der Waals surface area contributed by atoms with Gasteiger partial charge in [-0.25, -0.2) is 0 Å². The van der Waals surface area contributed by atoms with Crippen LogP contribution in [0.1, 0.15) is 31.2 Å². The Morgan fingerprint density at radius 3 is 2.60 bits per heavy atom. The fourth-order valence-electron chi connectivity index (χ4n) is 2.10. The molecule has 0 N–H and O–H groups in total. The van der Waals surface area contributed by atoms with Gasteiger partial charge in [0.2, 0.25) is 0 Å². The lowest BCUT2D eigenvalue weighted by atomic mass is 9.67. The molecule has 0 amide bonds. The average Bonchev–Trinajstić information content (AvgIpc) is 2.19. The van der Waals surface area contributed by atoms with Gasteiger partial charge in [0.25, 0.3) is 0 Å². The van der Waals surface area contributed by atoms with Gasteiger partial charge in [-0.1, -0.05) is 36.2 Å². The van der Waals surface area contributed by atoms with E-state index in [1.165, 1.54) is 12.0 Å². The lowest BCUT2D eigenvalue weighted by molar-refractivity contribution is 0.198. The fraction of sp³-hybridized carbons (Fsp3) is 0.462. The van der Waals surface area contributed by atoms with Gasteiger partial charge in [-0.2, -0.15) is 5.26 Å². The monoisotopic (exact) mass is 219 g/mol. The molecule has 0 spiro atoms. The summed E-state index contributed by atoms with van der Waals surface area (Å²) >= 11 is 6.07. The lowest BCUT2D eigenvalue weighted by Gasteiger charge is -2.35. The first-order valence-electron chi connectivity index (χ1n) is 5.40. The molecule has 1 nitrogen and oxygen atoms in total. The number of rotatable bonds is 3. The summed E-state index contributed by atoms with van der Waals surface area (Å²) in [6, 6.07) is 10.4. The van der Waals surface area contributed by atoms with Crippen molar-refractivity contribution < 1.29 is 0 Å². The summed E-state index contributed by atoms with van der Waals surface area (Å²) in [7, 11) is 0. The second kappa shape index (κ2) is 4.24. The molecule has 1 fully saturated rings. The smallest absolute Gasteiger partial charge is 0.0689 e. The van der Waals surface area contributed by atoms with E-state index in [-0.39, 0.29) is 5.41 Å². The molecule has 1 aliphatic rings. The maximum Gasteiger partial charge on any atom is 0.0689 e. The van der Waals surface area contributed by atoms with Crippen molar-refractivity contribution in [2.24, 2.45) is 5.41 Å². The van der Waals surface area contributed by atoms with Gasteiger partial charge in [0, 0.05) is 5.02 Å². The Labute approximate surface area is 95.7 Å². The van der Waals surface area contributed by atoms with Crippen molar-refractivity contribution >= 4 is 11.6 Å². The summed E-state index contributed by atoms with van der Waals surface area (Å²) in [5, 5.41) is 9.92. The Morgan fingerprint density at radius 2 is 2.07 bits per heavy atom. The molecular formula is C13H14ClN. The maximum absolute atomic E-state index is 9.10. The third kappa shape index (κ3) is 2.16. The van der Waals surface area contributed by atoms with E-state index in [0.29, 0.717) is 0 Å². The third-order valence-electron chi connectivity index (χ3n) is 3.38. The maximum atomic E-state index is 9.10. The summed E-state index contributed by atoms with van der Waals surface area (Å²) < 4.78 is 0. The van der Waals surface area contributed by atoms with E-state index in [1.54, 1.807) is 0 Å². The molecule has 1 saturated carbocycles. The van der Waals surface area contributed by atoms with E-state index < -0.39 is 0 Å².